The fourth-order valence-electron chi connectivity index (χ4n) is 5.17. The Kier molecular flexibility index (Phi) is 7.43. The second-order valence-electron chi connectivity index (χ2n) is 10.8. The lowest BCUT2D eigenvalue weighted by Crippen LogP contribution is -2.52. The Hall–Kier alpha value is -3.65. The first kappa shape index (κ1) is 31.3. The summed E-state index contributed by atoms with van der Waals surface area (Å²) < 4.78 is 94.7. The van der Waals surface area contributed by atoms with Crippen LogP contribution in [-0.4, -0.2) is 62.2 Å². The first-order chi connectivity index (χ1) is 19.2. The molecule has 9 nitrogen and oxygen atoms in total. The molecule has 4 rings (SSSR count). The topological polar surface area (TPSA) is 122 Å². The van der Waals surface area contributed by atoms with Crippen molar-refractivity contribution in [3.8, 4) is 6.19 Å². The lowest BCUT2D eigenvalue weighted by Gasteiger charge is -2.41. The van der Waals surface area contributed by atoms with Crippen molar-refractivity contribution in [3.63, 3.8) is 0 Å². The van der Waals surface area contributed by atoms with E-state index >= 15 is 0 Å². The first-order valence-electron chi connectivity index (χ1n) is 12.7. The highest BCUT2D eigenvalue weighted by molar-refractivity contribution is 8.45. The molecule has 1 unspecified atom stereocenters. The van der Waals surface area contributed by atoms with Gasteiger partial charge in [0, 0.05) is 42.8 Å². The van der Waals surface area contributed by atoms with Gasteiger partial charge in [-0.2, -0.15) is 15.5 Å². The van der Waals surface area contributed by atoms with Crippen molar-refractivity contribution in [3.05, 3.63) is 48.3 Å². The van der Waals surface area contributed by atoms with Crippen LogP contribution >= 0.6 is 10.2 Å². The number of halogens is 7. The van der Waals surface area contributed by atoms with Crippen molar-refractivity contribution in [1.29, 1.82) is 5.26 Å². The summed E-state index contributed by atoms with van der Waals surface area (Å²) in [7, 11) is -10.1. The third-order valence-electron chi connectivity index (χ3n) is 7.22. The van der Waals surface area contributed by atoms with Gasteiger partial charge in [-0.05, 0) is 50.1 Å². The van der Waals surface area contributed by atoms with Gasteiger partial charge < -0.3 is 10.4 Å². The average Bonchev–Trinajstić information content (AvgIpc) is 3.22. The third-order valence-corrected chi connectivity index (χ3v) is 8.39. The molecular weight excluding hydrogens is 597 g/mol. The minimum atomic E-state index is -10.1. The van der Waals surface area contributed by atoms with Crippen molar-refractivity contribution in [2.45, 2.75) is 73.6 Å². The van der Waals surface area contributed by atoms with E-state index < -0.39 is 75.1 Å². The number of amides is 2. The summed E-state index contributed by atoms with van der Waals surface area (Å²) in [4.78, 5) is 27.2. The number of carbonyl (C=O) groups excluding carboxylic acids is 2. The molecule has 1 saturated carbocycles. The van der Waals surface area contributed by atoms with Crippen molar-refractivity contribution in [2.75, 3.05) is 11.4 Å². The van der Waals surface area contributed by atoms with Crippen LogP contribution in [0.1, 0.15) is 50.6 Å². The highest BCUT2D eigenvalue weighted by Gasteiger charge is 2.65. The molecule has 2 amide bonds. The summed E-state index contributed by atoms with van der Waals surface area (Å²) >= 11 is 0. The maximum absolute atomic E-state index is 14.1. The van der Waals surface area contributed by atoms with Gasteiger partial charge in [-0.1, -0.05) is 19.4 Å². The van der Waals surface area contributed by atoms with Gasteiger partial charge in [0.1, 0.15) is 17.0 Å². The Morgan fingerprint density at radius 1 is 1.12 bits per heavy atom. The molecule has 2 aromatic rings. The van der Waals surface area contributed by atoms with Gasteiger partial charge in [-0.25, -0.2) is 8.78 Å². The van der Waals surface area contributed by atoms with Gasteiger partial charge in [-0.3, -0.25) is 19.4 Å². The number of hydrogen-bond acceptors (Lipinski definition) is 7. The van der Waals surface area contributed by atoms with Crippen LogP contribution < -0.4 is 10.2 Å². The Morgan fingerprint density at radius 2 is 1.74 bits per heavy atom. The summed E-state index contributed by atoms with van der Waals surface area (Å²) in [5, 5.41) is 30.1. The van der Waals surface area contributed by atoms with E-state index in [1.165, 1.54) is 19.2 Å². The molecule has 0 radical (unpaired) electrons. The highest BCUT2D eigenvalue weighted by Crippen LogP contribution is 3.02. The number of carbonyl (C=O) groups is 2. The fraction of sp³-hybridized carbons (Fsp3) is 0.480. The molecule has 0 bridgehead atoms. The number of benzene rings is 1. The van der Waals surface area contributed by atoms with Crippen molar-refractivity contribution in [2.24, 2.45) is 0 Å². The largest absolute Gasteiger partial charge is 0.388 e. The Bertz CT molecular complexity index is 1380. The normalized spacial score (nSPS) is 25.0. The number of aliphatic hydroxyl groups is 1. The third kappa shape index (κ3) is 7.04. The van der Waals surface area contributed by atoms with Crippen molar-refractivity contribution < 1.29 is 42.9 Å². The lowest BCUT2D eigenvalue weighted by molar-refractivity contribution is -0.129. The number of nitrogens with one attached hydrogen (secondary N) is 1. The smallest absolute Gasteiger partial charge is 0.310 e. The molecule has 2 heterocycles. The molecule has 1 aliphatic carbocycles. The van der Waals surface area contributed by atoms with E-state index in [4.69, 9.17) is 0 Å². The number of rotatable bonds is 7. The minimum Gasteiger partial charge on any atom is -0.388 e. The molecule has 0 spiro atoms. The molecule has 230 valence electrons. The maximum atomic E-state index is 14.1. The minimum absolute atomic E-state index is 0.00189. The monoisotopic (exact) mass is 624 g/mol. The van der Waals surface area contributed by atoms with Crippen LogP contribution in [0.5, 0.6) is 0 Å². The fourth-order valence-corrected chi connectivity index (χ4v) is 5.82. The first-order valence-corrected chi connectivity index (χ1v) is 14.7. The van der Waals surface area contributed by atoms with E-state index in [2.05, 4.69) is 15.5 Å². The van der Waals surface area contributed by atoms with Gasteiger partial charge >= 0.3 is 10.2 Å². The van der Waals surface area contributed by atoms with Crippen molar-refractivity contribution in [1.82, 2.24) is 20.4 Å². The molecular formula is C25H27F7N6O3S. The molecule has 17 heteroatoms. The van der Waals surface area contributed by atoms with E-state index in [9.17, 15) is 48.2 Å². The van der Waals surface area contributed by atoms with Crippen LogP contribution in [0.15, 0.2) is 47.6 Å². The maximum Gasteiger partial charge on any atom is 0.310 e. The predicted molar refractivity (Wildman–Crippen MR) is 137 cm³/mol. The lowest BCUT2D eigenvalue weighted by atomic mass is 9.91. The van der Waals surface area contributed by atoms with E-state index in [-0.39, 0.29) is 43.5 Å². The van der Waals surface area contributed by atoms with E-state index in [1.807, 2.05) is 0 Å². The highest BCUT2D eigenvalue weighted by atomic mass is 32.5. The van der Waals surface area contributed by atoms with Crippen LogP contribution in [0.2, 0.25) is 0 Å². The predicted octanol–water partition coefficient (Wildman–Crippen LogP) is 5.21. The van der Waals surface area contributed by atoms with Crippen molar-refractivity contribution >= 4 is 27.7 Å². The number of hydrogen-bond donors (Lipinski definition) is 2. The Morgan fingerprint density at radius 3 is 2.26 bits per heavy atom. The summed E-state index contributed by atoms with van der Waals surface area (Å²) in [6.45, 7) is 1.08. The molecule has 3 atom stereocenters. The standard InChI is InChI=1S/C25H27F7N6O3S/c1-24(41)12-20(37(14-24)15-33)23(40)38(18-2-4-19(5-3-18)42(28,29,30,31)32)21(16-8-11-34-35-13-16)22(39)36-17-6-9-25(26,27)10-7-17/h2-5,8,11,13,17,20-21,41H,6-7,9-10,12,14H2,1H3,(H,36,39)/t20-,21?,24-/m1/s1. The van der Waals surface area contributed by atoms with E-state index in [0.717, 1.165) is 16.0 Å². The molecule has 1 aromatic carbocycles. The molecule has 42 heavy (non-hydrogen) atoms. The van der Waals surface area contributed by atoms with Gasteiger partial charge in [0.2, 0.25) is 11.8 Å². The summed E-state index contributed by atoms with van der Waals surface area (Å²) in [6, 6.07) is -1.21. The summed E-state index contributed by atoms with van der Waals surface area (Å²) in [6.07, 6.45) is 2.51. The summed E-state index contributed by atoms with van der Waals surface area (Å²) in [5.41, 5.74) is -1.94. The molecule has 2 aliphatic rings. The Labute approximate surface area is 236 Å². The number of alkyl halides is 2. The number of nitriles is 1. The van der Waals surface area contributed by atoms with Gasteiger partial charge in [0.25, 0.3) is 5.91 Å². The van der Waals surface area contributed by atoms with Gasteiger partial charge in [-0.15, -0.1) is 0 Å². The quantitative estimate of drug-likeness (QED) is 0.321. The van der Waals surface area contributed by atoms with Gasteiger partial charge in [0.05, 0.1) is 18.3 Å². The zero-order valence-corrected chi connectivity index (χ0v) is 22.9. The van der Waals surface area contributed by atoms with Crippen LogP contribution in [0.3, 0.4) is 0 Å². The van der Waals surface area contributed by atoms with Gasteiger partial charge in [0.15, 0.2) is 6.19 Å². The number of aromatic nitrogens is 2. The second kappa shape index (κ2) is 9.97. The molecule has 2 fully saturated rings. The van der Waals surface area contributed by atoms with Crippen LogP contribution in [0.4, 0.5) is 33.9 Å². The molecule has 1 aromatic heterocycles. The molecule has 2 N–H and O–H groups in total. The summed E-state index contributed by atoms with van der Waals surface area (Å²) in [5.74, 6) is -4.85. The zero-order chi connectivity index (χ0) is 31.2. The van der Waals surface area contributed by atoms with Crippen LogP contribution in [0.25, 0.3) is 0 Å². The average molecular weight is 625 g/mol. The Balaban J connectivity index is 1.81. The molecule has 1 saturated heterocycles. The number of nitrogens with zero attached hydrogens (tertiary/aromatic N) is 5. The van der Waals surface area contributed by atoms with Crippen LogP contribution in [0, 0.1) is 11.5 Å². The van der Waals surface area contributed by atoms with E-state index in [0.29, 0.717) is 12.1 Å². The number of likely N-dealkylation sites (tertiary alicyclic amines) is 1. The zero-order valence-electron chi connectivity index (χ0n) is 22.1. The second-order valence-corrected chi connectivity index (χ2v) is 13.2. The molecule has 1 aliphatic heterocycles. The number of β-amino-alcohol motifs (C(OH)–C–C–N with tert-alkyl or cyclic N) is 1. The number of anilines is 1. The SMILES string of the molecule is C[C@@]1(O)C[C@H](C(=O)N(c2ccc(S(F)(F)(F)(F)F)cc2)C(C(=O)NC2CCC(F)(F)CC2)c2ccnnc2)N(C#N)C1. The van der Waals surface area contributed by atoms with E-state index in [1.54, 1.807) is 6.19 Å². The van der Waals surface area contributed by atoms with Crippen LogP contribution in [-0.2, 0) is 9.59 Å².